The number of carbonyl (C=O) groups is 1. The molecule has 3 aromatic rings. The summed E-state index contributed by atoms with van der Waals surface area (Å²) in [5.74, 6) is 0.669. The number of methoxy groups -OCH3 is 1. The molecule has 0 aliphatic rings. The van der Waals surface area contributed by atoms with Gasteiger partial charge in [0.25, 0.3) is 5.91 Å². The topological polar surface area (TPSA) is 116 Å². The highest BCUT2D eigenvalue weighted by Gasteiger charge is 2.17. The van der Waals surface area contributed by atoms with Crippen molar-refractivity contribution in [1.29, 1.82) is 0 Å². The van der Waals surface area contributed by atoms with E-state index < -0.39 is 15.9 Å². The fourth-order valence-corrected chi connectivity index (χ4v) is 3.44. The maximum atomic E-state index is 12.5. The third kappa shape index (κ3) is 3.93. The predicted octanol–water partition coefficient (Wildman–Crippen LogP) is 1.43. The van der Waals surface area contributed by atoms with E-state index in [-0.39, 0.29) is 16.2 Å². The van der Waals surface area contributed by atoms with Crippen LogP contribution in [0.3, 0.4) is 0 Å². The third-order valence-corrected chi connectivity index (χ3v) is 5.12. The first-order valence-electron chi connectivity index (χ1n) is 8.22. The number of rotatable bonds is 6. The summed E-state index contributed by atoms with van der Waals surface area (Å²) in [5.41, 5.74) is 1.98. The van der Waals surface area contributed by atoms with Crippen molar-refractivity contribution in [2.75, 3.05) is 13.7 Å². The minimum atomic E-state index is -3.92. The second kappa shape index (κ2) is 7.37. The fourth-order valence-electron chi connectivity index (χ4n) is 2.90. The molecule has 0 bridgehead atoms. The summed E-state index contributed by atoms with van der Waals surface area (Å²) in [4.78, 5) is 16.9. The Morgan fingerprint density at radius 1 is 1.26 bits per heavy atom. The zero-order chi connectivity index (χ0) is 19.6. The molecule has 0 unspecified atom stereocenters. The first-order chi connectivity index (χ1) is 12.8. The number of amides is 1. The highest BCUT2D eigenvalue weighted by Crippen LogP contribution is 2.22. The Hall–Kier alpha value is -2.91. The molecule has 1 aromatic heterocycles. The van der Waals surface area contributed by atoms with Crippen LogP contribution in [0.15, 0.2) is 47.4 Å². The molecule has 2 aromatic carbocycles. The van der Waals surface area contributed by atoms with Crippen molar-refractivity contribution in [3.8, 4) is 5.75 Å². The van der Waals surface area contributed by atoms with Crippen LogP contribution in [0.25, 0.3) is 11.0 Å². The number of aryl methyl sites for hydroxylation is 1. The normalized spacial score (nSPS) is 11.5. The lowest BCUT2D eigenvalue weighted by atomic mass is 10.2. The summed E-state index contributed by atoms with van der Waals surface area (Å²) in [6.07, 6.45) is 0. The molecule has 0 aliphatic heterocycles. The van der Waals surface area contributed by atoms with E-state index in [9.17, 15) is 13.2 Å². The van der Waals surface area contributed by atoms with Gasteiger partial charge in [-0.25, -0.2) is 18.5 Å². The Labute approximate surface area is 157 Å². The second-order valence-electron chi connectivity index (χ2n) is 5.96. The van der Waals surface area contributed by atoms with E-state index in [4.69, 9.17) is 9.88 Å². The van der Waals surface area contributed by atoms with Gasteiger partial charge in [0.15, 0.2) is 0 Å². The van der Waals surface area contributed by atoms with Crippen molar-refractivity contribution in [2.24, 2.45) is 5.14 Å². The lowest BCUT2D eigenvalue weighted by molar-refractivity contribution is 0.0949. The third-order valence-electron chi connectivity index (χ3n) is 4.21. The number of fused-ring (bicyclic) bond motifs is 1. The van der Waals surface area contributed by atoms with Gasteiger partial charge in [0, 0.05) is 13.1 Å². The number of nitrogens with one attached hydrogen (secondary N) is 1. The summed E-state index contributed by atoms with van der Waals surface area (Å²) in [5, 5.41) is 7.92. The van der Waals surface area contributed by atoms with Crippen molar-refractivity contribution in [3.63, 3.8) is 0 Å². The molecule has 8 nitrogen and oxygen atoms in total. The molecule has 0 radical (unpaired) electrons. The van der Waals surface area contributed by atoms with E-state index >= 15 is 0 Å². The SMILES string of the molecule is COc1ccc(S(N)(=O)=O)cc1C(=O)NCCn1c(C)nc2ccccc21. The molecule has 1 heterocycles. The van der Waals surface area contributed by atoms with Gasteiger partial charge in [-0.15, -0.1) is 0 Å². The average molecular weight is 388 g/mol. The highest BCUT2D eigenvalue weighted by atomic mass is 32.2. The largest absolute Gasteiger partial charge is 0.496 e. The first kappa shape index (κ1) is 18.9. The number of para-hydroxylation sites is 2. The van der Waals surface area contributed by atoms with Crippen LogP contribution in [0.4, 0.5) is 0 Å². The molecule has 0 fully saturated rings. The van der Waals surface area contributed by atoms with E-state index in [1.807, 2.05) is 35.8 Å². The number of benzene rings is 2. The van der Waals surface area contributed by atoms with Crippen LogP contribution in [0.1, 0.15) is 16.2 Å². The van der Waals surface area contributed by atoms with E-state index in [2.05, 4.69) is 10.3 Å². The van der Waals surface area contributed by atoms with Crippen LogP contribution in [-0.2, 0) is 16.6 Å². The monoisotopic (exact) mass is 388 g/mol. The quantitative estimate of drug-likeness (QED) is 0.663. The van der Waals surface area contributed by atoms with E-state index in [1.165, 1.54) is 25.3 Å². The fraction of sp³-hybridized carbons (Fsp3) is 0.222. The summed E-state index contributed by atoms with van der Waals surface area (Å²) in [6, 6.07) is 11.7. The molecule has 142 valence electrons. The van der Waals surface area contributed by atoms with E-state index in [0.29, 0.717) is 13.1 Å². The van der Waals surface area contributed by atoms with Gasteiger partial charge in [-0.05, 0) is 37.3 Å². The van der Waals surface area contributed by atoms with Gasteiger partial charge in [-0.1, -0.05) is 12.1 Å². The maximum Gasteiger partial charge on any atom is 0.255 e. The van der Waals surface area contributed by atoms with Gasteiger partial charge in [0.2, 0.25) is 10.0 Å². The van der Waals surface area contributed by atoms with Gasteiger partial charge >= 0.3 is 0 Å². The Morgan fingerprint density at radius 2 is 2.00 bits per heavy atom. The summed E-state index contributed by atoms with van der Waals surface area (Å²) < 4.78 is 30.2. The first-order valence-corrected chi connectivity index (χ1v) is 9.77. The molecule has 0 saturated heterocycles. The number of sulfonamides is 1. The molecule has 3 N–H and O–H groups in total. The molecule has 1 amide bonds. The lowest BCUT2D eigenvalue weighted by Gasteiger charge is -2.12. The van der Waals surface area contributed by atoms with Crippen molar-refractivity contribution in [3.05, 3.63) is 53.9 Å². The van der Waals surface area contributed by atoms with Crippen LogP contribution in [0.5, 0.6) is 5.75 Å². The minimum Gasteiger partial charge on any atom is -0.496 e. The van der Waals surface area contributed by atoms with Crippen LogP contribution < -0.4 is 15.2 Å². The van der Waals surface area contributed by atoms with Gasteiger partial charge in [0.1, 0.15) is 11.6 Å². The molecule has 9 heteroatoms. The summed E-state index contributed by atoms with van der Waals surface area (Å²) in [7, 11) is -2.51. The number of aromatic nitrogens is 2. The molecule has 27 heavy (non-hydrogen) atoms. The average Bonchev–Trinajstić information content (AvgIpc) is 2.95. The van der Waals surface area contributed by atoms with Gasteiger partial charge in [-0.3, -0.25) is 4.79 Å². The Morgan fingerprint density at radius 3 is 2.70 bits per heavy atom. The van der Waals surface area contributed by atoms with Crippen molar-refractivity contribution >= 4 is 27.0 Å². The van der Waals surface area contributed by atoms with Gasteiger partial charge < -0.3 is 14.6 Å². The van der Waals surface area contributed by atoms with Crippen LogP contribution in [-0.4, -0.2) is 37.5 Å². The molecule has 0 atom stereocenters. The molecular weight excluding hydrogens is 368 g/mol. The van der Waals surface area contributed by atoms with Crippen molar-refractivity contribution in [2.45, 2.75) is 18.4 Å². The number of imidazole rings is 1. The number of nitrogens with zero attached hydrogens (tertiary/aromatic N) is 2. The van der Waals surface area contributed by atoms with Crippen LogP contribution in [0, 0.1) is 6.92 Å². The summed E-state index contributed by atoms with van der Waals surface area (Å²) >= 11 is 0. The van der Waals surface area contributed by atoms with Crippen LogP contribution >= 0.6 is 0 Å². The van der Waals surface area contributed by atoms with Crippen LogP contribution in [0.2, 0.25) is 0 Å². The number of hydrogen-bond acceptors (Lipinski definition) is 5. The number of ether oxygens (including phenoxy) is 1. The molecule has 0 spiro atoms. The Kier molecular flexibility index (Phi) is 5.15. The second-order valence-corrected chi connectivity index (χ2v) is 7.52. The number of primary sulfonamides is 1. The smallest absolute Gasteiger partial charge is 0.255 e. The standard InChI is InChI=1S/C18H20N4O4S/c1-12-21-15-5-3-4-6-16(15)22(12)10-9-20-18(23)14-11-13(27(19,24)25)7-8-17(14)26-2/h3-8,11H,9-10H2,1-2H3,(H,20,23)(H2,19,24,25). The zero-order valence-electron chi connectivity index (χ0n) is 15.0. The Bertz CT molecular complexity index is 1110. The van der Waals surface area contributed by atoms with Crippen molar-refractivity contribution < 1.29 is 17.9 Å². The number of nitrogens with two attached hydrogens (primary N) is 1. The Balaban J connectivity index is 1.77. The molecule has 0 saturated carbocycles. The maximum absolute atomic E-state index is 12.5. The number of carbonyl (C=O) groups excluding carboxylic acids is 1. The van der Waals surface area contributed by atoms with Gasteiger partial charge in [0.05, 0.1) is 28.6 Å². The predicted molar refractivity (Wildman–Crippen MR) is 101 cm³/mol. The lowest BCUT2D eigenvalue weighted by Crippen LogP contribution is -2.28. The molecule has 0 aliphatic carbocycles. The van der Waals surface area contributed by atoms with E-state index in [1.54, 1.807) is 0 Å². The highest BCUT2D eigenvalue weighted by molar-refractivity contribution is 7.89. The number of hydrogen-bond donors (Lipinski definition) is 2. The van der Waals surface area contributed by atoms with Crippen molar-refractivity contribution in [1.82, 2.24) is 14.9 Å². The van der Waals surface area contributed by atoms with Gasteiger partial charge in [-0.2, -0.15) is 0 Å². The minimum absolute atomic E-state index is 0.108. The summed E-state index contributed by atoms with van der Waals surface area (Å²) in [6.45, 7) is 2.76. The molecular formula is C18H20N4O4S. The van der Waals surface area contributed by atoms with E-state index in [0.717, 1.165) is 16.9 Å². The zero-order valence-corrected chi connectivity index (χ0v) is 15.8. The molecule has 3 rings (SSSR count).